The van der Waals surface area contributed by atoms with Gasteiger partial charge in [0.1, 0.15) is 11.6 Å². The maximum absolute atomic E-state index is 11.9. The van der Waals surface area contributed by atoms with Crippen LogP contribution in [0, 0.1) is 0 Å². The molecule has 0 aliphatic rings. The van der Waals surface area contributed by atoms with Gasteiger partial charge in [0.2, 0.25) is 11.8 Å². The molecule has 0 aliphatic carbocycles. The lowest BCUT2D eigenvalue weighted by Crippen LogP contribution is -2.36. The number of hydrogen-bond acceptors (Lipinski definition) is 7. The van der Waals surface area contributed by atoms with Crippen molar-refractivity contribution in [2.24, 2.45) is 0 Å². The Labute approximate surface area is 199 Å². The third-order valence-electron chi connectivity index (χ3n) is 4.84. The van der Waals surface area contributed by atoms with Gasteiger partial charge in [-0.3, -0.25) is 9.59 Å². The highest BCUT2D eigenvalue weighted by molar-refractivity contribution is 5.90. The highest BCUT2D eigenvalue weighted by Crippen LogP contribution is 2.09. The highest BCUT2D eigenvalue weighted by Gasteiger charge is 2.05. The van der Waals surface area contributed by atoms with E-state index in [0.717, 1.165) is 38.5 Å². The number of unbranched alkanes of at least 4 members (excludes halogenated alkanes) is 4. The van der Waals surface area contributed by atoms with Gasteiger partial charge in [0.25, 0.3) is 0 Å². The molecule has 0 aliphatic heterocycles. The number of pyridine rings is 2. The predicted octanol–water partition coefficient (Wildman–Crippen LogP) is 2.64. The van der Waals surface area contributed by atoms with Crippen LogP contribution in [0.15, 0.2) is 36.7 Å². The van der Waals surface area contributed by atoms with Gasteiger partial charge in [-0.05, 0) is 49.9 Å². The second-order valence-electron chi connectivity index (χ2n) is 7.85. The van der Waals surface area contributed by atoms with E-state index in [-0.39, 0.29) is 17.8 Å². The number of nitrogens with zero attached hydrogens (tertiary/aromatic N) is 2. The van der Waals surface area contributed by atoms with Crippen molar-refractivity contribution in [3.8, 4) is 0 Å². The minimum atomic E-state index is -0.209. The molecule has 0 aromatic carbocycles. The molecule has 34 heavy (non-hydrogen) atoms. The van der Waals surface area contributed by atoms with Gasteiger partial charge in [-0.25, -0.2) is 14.8 Å². The number of carbonyl (C=O) groups excluding carboxylic acids is 3. The molecule has 2 aromatic heterocycles. The van der Waals surface area contributed by atoms with Crippen molar-refractivity contribution < 1.29 is 14.4 Å². The molecule has 2 rings (SSSR count). The Morgan fingerprint density at radius 3 is 1.47 bits per heavy atom. The van der Waals surface area contributed by atoms with E-state index in [1.54, 1.807) is 24.3 Å². The van der Waals surface area contributed by atoms with Gasteiger partial charge in [0.05, 0.1) is 23.8 Å². The highest BCUT2D eigenvalue weighted by atomic mass is 16.2. The molecule has 2 aromatic rings. The maximum Gasteiger partial charge on any atom is 0.314 e. The van der Waals surface area contributed by atoms with E-state index in [2.05, 4.69) is 31.2 Å². The summed E-state index contributed by atoms with van der Waals surface area (Å²) < 4.78 is 0. The number of aromatic nitrogens is 2. The number of urea groups is 1. The molecule has 0 radical (unpaired) electrons. The standard InChI is InChI=1S/C23H34N8O3/c24-17-9-11-19(28-15-17)30-21(32)7-3-1-5-13-26-23(34)27-14-6-2-4-8-22(33)31-20-12-10-18(25)16-29-20/h9-12,15-16H,1-8,13-14,24-25H2,(H2,26,27,34)(H,28,30,32)(H,29,31,33). The van der Waals surface area contributed by atoms with E-state index in [4.69, 9.17) is 11.5 Å². The van der Waals surface area contributed by atoms with Gasteiger partial charge in [0, 0.05) is 25.9 Å². The zero-order valence-corrected chi connectivity index (χ0v) is 19.3. The molecule has 0 unspecified atom stereocenters. The first kappa shape index (κ1) is 26.4. The third-order valence-corrected chi connectivity index (χ3v) is 4.84. The lowest BCUT2D eigenvalue weighted by molar-refractivity contribution is -0.117. The molecule has 8 N–H and O–H groups in total. The minimum absolute atomic E-state index is 0.0950. The van der Waals surface area contributed by atoms with Crippen LogP contribution in [0.2, 0.25) is 0 Å². The van der Waals surface area contributed by atoms with E-state index < -0.39 is 0 Å². The number of rotatable bonds is 14. The van der Waals surface area contributed by atoms with E-state index in [0.29, 0.717) is 48.9 Å². The van der Waals surface area contributed by atoms with Crippen LogP contribution in [0.5, 0.6) is 0 Å². The first-order chi connectivity index (χ1) is 16.4. The normalized spacial score (nSPS) is 10.4. The summed E-state index contributed by atoms with van der Waals surface area (Å²) in [5.74, 6) is 0.775. The molecule has 184 valence electrons. The van der Waals surface area contributed by atoms with Gasteiger partial charge >= 0.3 is 6.03 Å². The number of carbonyl (C=O) groups is 3. The fraction of sp³-hybridized carbons (Fsp3) is 0.435. The van der Waals surface area contributed by atoms with Crippen LogP contribution in [0.25, 0.3) is 0 Å². The molecule has 0 atom stereocenters. The largest absolute Gasteiger partial charge is 0.397 e. The van der Waals surface area contributed by atoms with Gasteiger partial charge in [0.15, 0.2) is 0 Å². The number of nitrogens with one attached hydrogen (secondary N) is 4. The lowest BCUT2D eigenvalue weighted by atomic mass is 10.2. The van der Waals surface area contributed by atoms with Crippen molar-refractivity contribution in [3.63, 3.8) is 0 Å². The second-order valence-corrected chi connectivity index (χ2v) is 7.85. The first-order valence-corrected chi connectivity index (χ1v) is 11.5. The van der Waals surface area contributed by atoms with Gasteiger partial charge in [-0.2, -0.15) is 0 Å². The fourth-order valence-electron chi connectivity index (χ4n) is 3.01. The second kappa shape index (κ2) is 15.0. The van der Waals surface area contributed by atoms with Gasteiger partial charge in [-0.15, -0.1) is 0 Å². The SMILES string of the molecule is Nc1ccc(NC(=O)CCCCCNC(=O)NCCCCCC(=O)Nc2ccc(N)cn2)nc1. The van der Waals surface area contributed by atoms with E-state index >= 15 is 0 Å². The predicted molar refractivity (Wildman–Crippen MR) is 133 cm³/mol. The molecule has 0 saturated heterocycles. The van der Waals surface area contributed by atoms with Crippen molar-refractivity contribution >= 4 is 40.9 Å². The summed E-state index contributed by atoms with van der Waals surface area (Å²) in [6.07, 6.45) is 8.48. The molecule has 0 saturated carbocycles. The van der Waals surface area contributed by atoms with Crippen LogP contribution < -0.4 is 32.7 Å². The van der Waals surface area contributed by atoms with E-state index in [1.165, 1.54) is 12.4 Å². The molecular formula is C23H34N8O3. The smallest absolute Gasteiger partial charge is 0.314 e. The van der Waals surface area contributed by atoms with Gasteiger partial charge in [-0.1, -0.05) is 12.8 Å². The van der Waals surface area contributed by atoms with Crippen LogP contribution >= 0.6 is 0 Å². The minimum Gasteiger partial charge on any atom is -0.397 e. The molecule has 4 amide bonds. The Morgan fingerprint density at radius 2 is 1.09 bits per heavy atom. The third kappa shape index (κ3) is 11.7. The Balaban J connectivity index is 1.39. The van der Waals surface area contributed by atoms with Crippen molar-refractivity contribution in [1.82, 2.24) is 20.6 Å². The summed E-state index contributed by atoms with van der Waals surface area (Å²) >= 11 is 0. The quantitative estimate of drug-likeness (QED) is 0.230. The fourth-order valence-corrected chi connectivity index (χ4v) is 3.01. The van der Waals surface area contributed by atoms with Crippen molar-refractivity contribution in [3.05, 3.63) is 36.7 Å². The molecule has 0 spiro atoms. The summed E-state index contributed by atoms with van der Waals surface area (Å²) in [6.45, 7) is 1.10. The summed E-state index contributed by atoms with van der Waals surface area (Å²) in [5, 5.41) is 11.0. The first-order valence-electron chi connectivity index (χ1n) is 11.5. The monoisotopic (exact) mass is 470 g/mol. The molecular weight excluding hydrogens is 436 g/mol. The zero-order chi connectivity index (χ0) is 24.6. The van der Waals surface area contributed by atoms with Crippen LogP contribution in [0.1, 0.15) is 51.4 Å². The average molecular weight is 471 g/mol. The number of nitrogen functional groups attached to an aromatic ring is 2. The summed E-state index contributed by atoms with van der Waals surface area (Å²) in [6, 6.07) is 6.47. The van der Waals surface area contributed by atoms with Gasteiger partial charge < -0.3 is 32.7 Å². The van der Waals surface area contributed by atoms with Crippen LogP contribution in [0.4, 0.5) is 27.8 Å². The molecule has 2 heterocycles. The van der Waals surface area contributed by atoms with Crippen molar-refractivity contribution in [2.75, 3.05) is 35.2 Å². The Hall–Kier alpha value is -3.89. The average Bonchev–Trinajstić information content (AvgIpc) is 2.81. The summed E-state index contributed by atoms with van der Waals surface area (Å²) in [4.78, 5) is 43.6. The maximum atomic E-state index is 11.9. The summed E-state index contributed by atoms with van der Waals surface area (Å²) in [7, 11) is 0. The Kier molecular flexibility index (Phi) is 11.7. The number of anilines is 4. The molecule has 0 fully saturated rings. The lowest BCUT2D eigenvalue weighted by Gasteiger charge is -2.08. The Bertz CT molecular complexity index is 830. The molecule has 11 heteroatoms. The van der Waals surface area contributed by atoms with Crippen LogP contribution in [0.3, 0.4) is 0 Å². The number of amides is 4. The zero-order valence-electron chi connectivity index (χ0n) is 19.3. The molecule has 0 bridgehead atoms. The summed E-state index contributed by atoms with van der Waals surface area (Å²) in [5.41, 5.74) is 12.2. The molecule has 11 nitrogen and oxygen atoms in total. The van der Waals surface area contributed by atoms with Crippen LogP contribution in [-0.4, -0.2) is 40.9 Å². The number of nitrogens with two attached hydrogens (primary N) is 2. The Morgan fingerprint density at radius 1 is 0.647 bits per heavy atom. The topological polar surface area (TPSA) is 177 Å². The van der Waals surface area contributed by atoms with E-state index in [1.807, 2.05) is 0 Å². The van der Waals surface area contributed by atoms with Crippen LogP contribution in [-0.2, 0) is 9.59 Å². The van der Waals surface area contributed by atoms with Crippen molar-refractivity contribution in [2.45, 2.75) is 51.4 Å². The van der Waals surface area contributed by atoms with E-state index in [9.17, 15) is 14.4 Å². The number of hydrogen-bond donors (Lipinski definition) is 6. The van der Waals surface area contributed by atoms with Crippen molar-refractivity contribution in [1.29, 1.82) is 0 Å².